The maximum Gasteiger partial charge on any atom is 0.407 e. The first-order valence-corrected chi connectivity index (χ1v) is 7.61. The lowest BCUT2D eigenvalue weighted by molar-refractivity contribution is 0.133. The van der Waals surface area contributed by atoms with Gasteiger partial charge in [-0.3, -0.25) is 0 Å². The summed E-state index contributed by atoms with van der Waals surface area (Å²) >= 11 is 0. The van der Waals surface area contributed by atoms with Gasteiger partial charge < -0.3 is 20.3 Å². The molecule has 1 aliphatic rings. The number of aromatic amines is 1. The van der Waals surface area contributed by atoms with Crippen LogP contribution in [0.25, 0.3) is 11.0 Å². The van der Waals surface area contributed by atoms with Crippen molar-refractivity contribution in [3.63, 3.8) is 0 Å². The molecule has 3 rings (SSSR count). The normalized spacial score (nSPS) is 17.9. The first-order valence-electron chi connectivity index (χ1n) is 7.61. The summed E-state index contributed by atoms with van der Waals surface area (Å²) in [6, 6.07) is 2.17. The van der Waals surface area contributed by atoms with E-state index in [1.807, 2.05) is 6.20 Å². The van der Waals surface area contributed by atoms with Gasteiger partial charge in [0.1, 0.15) is 17.8 Å². The number of carbonyl (C=O) groups is 1. The van der Waals surface area contributed by atoms with Gasteiger partial charge >= 0.3 is 6.09 Å². The SMILES string of the molecule is N#CCCc1c[nH]c2ncnc(NC3CCCN(C(=O)O)C3)c12. The van der Waals surface area contributed by atoms with Crippen molar-refractivity contribution in [1.82, 2.24) is 19.9 Å². The topological polar surface area (TPSA) is 118 Å². The highest BCUT2D eigenvalue weighted by Gasteiger charge is 2.24. The molecule has 0 bridgehead atoms. The minimum atomic E-state index is -0.888. The van der Waals surface area contributed by atoms with Crippen LogP contribution in [0.4, 0.5) is 10.6 Å². The van der Waals surface area contributed by atoms with E-state index in [0.717, 1.165) is 29.4 Å². The largest absolute Gasteiger partial charge is 0.465 e. The third kappa shape index (κ3) is 3.18. The number of hydrogen-bond acceptors (Lipinski definition) is 5. The highest BCUT2D eigenvalue weighted by Crippen LogP contribution is 2.26. The van der Waals surface area contributed by atoms with Gasteiger partial charge in [-0.2, -0.15) is 5.26 Å². The minimum Gasteiger partial charge on any atom is -0.465 e. The fourth-order valence-electron chi connectivity index (χ4n) is 2.99. The number of hydrogen-bond donors (Lipinski definition) is 3. The van der Waals surface area contributed by atoms with Crippen molar-refractivity contribution in [2.24, 2.45) is 0 Å². The van der Waals surface area contributed by atoms with Crippen molar-refractivity contribution in [1.29, 1.82) is 5.26 Å². The highest BCUT2D eigenvalue weighted by molar-refractivity contribution is 5.90. The molecule has 1 saturated heterocycles. The number of rotatable bonds is 4. The molecule has 2 aromatic rings. The van der Waals surface area contributed by atoms with Gasteiger partial charge in [0.15, 0.2) is 0 Å². The Bertz CT molecular complexity index is 750. The van der Waals surface area contributed by atoms with Crippen molar-refractivity contribution < 1.29 is 9.90 Å². The molecule has 8 nitrogen and oxygen atoms in total. The monoisotopic (exact) mass is 314 g/mol. The van der Waals surface area contributed by atoms with Gasteiger partial charge in [0.25, 0.3) is 0 Å². The van der Waals surface area contributed by atoms with Crippen LogP contribution in [0, 0.1) is 11.3 Å². The van der Waals surface area contributed by atoms with Gasteiger partial charge in [-0.05, 0) is 24.8 Å². The zero-order valence-electron chi connectivity index (χ0n) is 12.6. The van der Waals surface area contributed by atoms with Gasteiger partial charge in [0.2, 0.25) is 0 Å². The lowest BCUT2D eigenvalue weighted by Gasteiger charge is -2.31. The summed E-state index contributed by atoms with van der Waals surface area (Å²) in [5, 5.41) is 22.2. The Kier molecular flexibility index (Phi) is 4.28. The number of aryl methyl sites for hydroxylation is 1. The lowest BCUT2D eigenvalue weighted by Crippen LogP contribution is -2.44. The fourth-order valence-corrected chi connectivity index (χ4v) is 2.99. The standard InChI is InChI=1S/C15H18N6O2/c16-5-1-3-10-7-17-13-12(10)14(19-9-18-13)20-11-4-2-6-21(8-11)15(22)23/h7,9,11H,1-4,6,8H2,(H,22,23)(H2,17,18,19,20). The van der Waals surface area contributed by atoms with Crippen LogP contribution in [0.3, 0.4) is 0 Å². The van der Waals surface area contributed by atoms with Gasteiger partial charge in [0, 0.05) is 31.7 Å². The number of aromatic nitrogens is 3. The molecule has 3 N–H and O–H groups in total. The van der Waals surface area contributed by atoms with Crippen LogP contribution in [-0.2, 0) is 6.42 Å². The lowest BCUT2D eigenvalue weighted by atomic mass is 10.1. The fraction of sp³-hybridized carbons (Fsp3) is 0.467. The van der Waals surface area contributed by atoms with Crippen molar-refractivity contribution in [2.45, 2.75) is 31.7 Å². The van der Waals surface area contributed by atoms with Crippen LogP contribution in [0.2, 0.25) is 0 Å². The second kappa shape index (κ2) is 6.52. The quantitative estimate of drug-likeness (QED) is 0.794. The van der Waals surface area contributed by atoms with Crippen molar-refractivity contribution in [3.8, 4) is 6.07 Å². The predicted molar refractivity (Wildman–Crippen MR) is 84.1 cm³/mol. The Morgan fingerprint density at radius 3 is 3.22 bits per heavy atom. The van der Waals surface area contributed by atoms with Crippen LogP contribution < -0.4 is 5.32 Å². The van der Waals surface area contributed by atoms with E-state index in [1.165, 1.54) is 11.2 Å². The number of fused-ring (bicyclic) bond motifs is 1. The number of nitrogens with zero attached hydrogens (tertiary/aromatic N) is 4. The Morgan fingerprint density at radius 1 is 1.57 bits per heavy atom. The summed E-state index contributed by atoms with van der Waals surface area (Å²) in [4.78, 5) is 24.2. The number of nitrogens with one attached hydrogen (secondary N) is 2. The van der Waals surface area contributed by atoms with Crippen LogP contribution in [0.5, 0.6) is 0 Å². The molecular weight excluding hydrogens is 296 g/mol. The molecule has 1 aliphatic heterocycles. The number of carboxylic acid groups (broad SMARTS) is 1. The van der Waals surface area contributed by atoms with Crippen LogP contribution >= 0.6 is 0 Å². The second-order valence-corrected chi connectivity index (χ2v) is 5.63. The van der Waals surface area contributed by atoms with Gasteiger partial charge in [-0.1, -0.05) is 0 Å². The van der Waals surface area contributed by atoms with E-state index in [4.69, 9.17) is 10.4 Å². The Hall–Kier alpha value is -2.82. The molecule has 0 aliphatic carbocycles. The smallest absolute Gasteiger partial charge is 0.407 e. The van der Waals surface area contributed by atoms with Crippen molar-refractivity contribution >= 4 is 22.9 Å². The minimum absolute atomic E-state index is 0.0247. The number of anilines is 1. The summed E-state index contributed by atoms with van der Waals surface area (Å²) in [5.41, 5.74) is 1.72. The molecule has 0 saturated carbocycles. The summed E-state index contributed by atoms with van der Waals surface area (Å²) < 4.78 is 0. The third-order valence-corrected chi connectivity index (χ3v) is 4.09. The number of amides is 1. The van der Waals surface area contributed by atoms with E-state index in [9.17, 15) is 4.79 Å². The van der Waals surface area contributed by atoms with Gasteiger partial charge in [-0.25, -0.2) is 14.8 Å². The molecule has 1 atom stereocenters. The predicted octanol–water partition coefficient (Wildman–Crippen LogP) is 1.97. The van der Waals surface area contributed by atoms with Gasteiger partial charge in [0.05, 0.1) is 11.5 Å². The maximum absolute atomic E-state index is 11.1. The first kappa shape index (κ1) is 15.1. The molecular formula is C15H18N6O2. The molecule has 1 unspecified atom stereocenters. The molecule has 1 amide bonds. The van der Waals surface area contributed by atoms with Crippen LogP contribution in [-0.4, -0.2) is 50.2 Å². The van der Waals surface area contributed by atoms with Crippen LogP contribution in [0.1, 0.15) is 24.8 Å². The number of nitriles is 1. The molecule has 120 valence electrons. The average Bonchev–Trinajstić information content (AvgIpc) is 2.97. The van der Waals surface area contributed by atoms with E-state index in [0.29, 0.717) is 31.7 Å². The molecule has 2 aromatic heterocycles. The average molecular weight is 314 g/mol. The highest BCUT2D eigenvalue weighted by atomic mass is 16.4. The first-order chi connectivity index (χ1) is 11.2. The molecule has 23 heavy (non-hydrogen) atoms. The number of H-pyrrole nitrogens is 1. The molecule has 1 fully saturated rings. The molecule has 0 spiro atoms. The van der Waals surface area contributed by atoms with E-state index in [1.54, 1.807) is 0 Å². The van der Waals surface area contributed by atoms with E-state index < -0.39 is 6.09 Å². The Balaban J connectivity index is 1.83. The maximum atomic E-state index is 11.1. The molecule has 0 radical (unpaired) electrons. The van der Waals surface area contributed by atoms with Crippen molar-refractivity contribution in [3.05, 3.63) is 18.1 Å². The summed E-state index contributed by atoms with van der Waals surface area (Å²) in [5.74, 6) is 0.696. The van der Waals surface area contributed by atoms with Crippen LogP contribution in [0.15, 0.2) is 12.5 Å². The molecule has 8 heteroatoms. The third-order valence-electron chi connectivity index (χ3n) is 4.09. The number of likely N-dealkylation sites (tertiary alicyclic amines) is 1. The van der Waals surface area contributed by atoms with E-state index >= 15 is 0 Å². The van der Waals surface area contributed by atoms with E-state index in [2.05, 4.69) is 26.3 Å². The van der Waals surface area contributed by atoms with E-state index in [-0.39, 0.29) is 6.04 Å². The Morgan fingerprint density at radius 2 is 2.43 bits per heavy atom. The zero-order chi connectivity index (χ0) is 16.2. The van der Waals surface area contributed by atoms with Crippen molar-refractivity contribution in [2.75, 3.05) is 18.4 Å². The summed E-state index contributed by atoms with van der Waals surface area (Å²) in [6.45, 7) is 1.02. The molecule has 0 aromatic carbocycles. The summed E-state index contributed by atoms with van der Waals surface area (Å²) in [6.07, 6.45) is 5.22. The summed E-state index contributed by atoms with van der Waals surface area (Å²) in [7, 11) is 0. The number of piperidine rings is 1. The second-order valence-electron chi connectivity index (χ2n) is 5.63. The van der Waals surface area contributed by atoms with Gasteiger partial charge in [-0.15, -0.1) is 0 Å². The Labute approximate surface area is 133 Å². The molecule has 3 heterocycles. The zero-order valence-corrected chi connectivity index (χ0v) is 12.6.